The number of nitrogens with zero attached hydrogens (tertiary/aromatic N) is 2. The first kappa shape index (κ1) is 21.8. The number of nitrogens with one attached hydrogen (secondary N) is 1. The van der Waals surface area contributed by atoms with Crippen LogP contribution in [0, 0.1) is 5.92 Å². The first-order chi connectivity index (χ1) is 13.7. The van der Waals surface area contributed by atoms with Gasteiger partial charge in [-0.3, -0.25) is 4.79 Å². The Bertz CT molecular complexity index is 658. The number of rotatable bonds is 12. The summed E-state index contributed by atoms with van der Waals surface area (Å²) in [6.07, 6.45) is 9.52. The van der Waals surface area contributed by atoms with Gasteiger partial charge in [0.25, 0.3) is 0 Å². The molecular formula is C22H34N4O2. The van der Waals surface area contributed by atoms with Crippen LogP contribution >= 0.6 is 0 Å². The number of ether oxygens (including phenoxy) is 1. The van der Waals surface area contributed by atoms with Crippen LogP contribution in [-0.2, 0) is 9.53 Å². The number of benzene rings is 1. The first-order valence-corrected chi connectivity index (χ1v) is 10.5. The van der Waals surface area contributed by atoms with E-state index in [0.717, 1.165) is 31.4 Å². The van der Waals surface area contributed by atoms with Crippen molar-refractivity contribution in [2.75, 3.05) is 18.2 Å². The molecule has 3 N–H and O–H groups in total. The van der Waals surface area contributed by atoms with Gasteiger partial charge in [-0.05, 0) is 31.1 Å². The van der Waals surface area contributed by atoms with Gasteiger partial charge in [0.1, 0.15) is 11.8 Å². The standard InChI is InChI=1S/C22H34N4O2/c1-3-5-7-8-12-15-24-22(27)19-17-20(28-16-6-4-2)26(25-21(19)23)18-13-10-9-11-14-18/h9-11,13-14,17,19H,3-8,12,15-16H2,1-2H3,(H2,23,25)(H,24,27). The minimum Gasteiger partial charge on any atom is -0.478 e. The van der Waals surface area contributed by atoms with Gasteiger partial charge in [-0.1, -0.05) is 64.2 Å². The highest BCUT2D eigenvalue weighted by Crippen LogP contribution is 2.25. The lowest BCUT2D eigenvalue weighted by Crippen LogP contribution is -2.42. The summed E-state index contributed by atoms with van der Waals surface area (Å²) < 4.78 is 5.93. The quantitative estimate of drug-likeness (QED) is 0.529. The summed E-state index contributed by atoms with van der Waals surface area (Å²) in [5, 5.41) is 9.11. The topological polar surface area (TPSA) is 80.0 Å². The number of carbonyl (C=O) groups excluding carboxylic acids is 1. The maximum absolute atomic E-state index is 12.6. The van der Waals surface area contributed by atoms with Gasteiger partial charge >= 0.3 is 0 Å². The van der Waals surface area contributed by atoms with Gasteiger partial charge in [-0.2, -0.15) is 10.1 Å². The maximum atomic E-state index is 12.6. The fourth-order valence-corrected chi connectivity index (χ4v) is 2.97. The molecule has 0 radical (unpaired) electrons. The largest absolute Gasteiger partial charge is 0.478 e. The number of nitrogens with two attached hydrogens (primary N) is 1. The van der Waals surface area contributed by atoms with Crippen LogP contribution in [0.1, 0.15) is 58.8 Å². The van der Waals surface area contributed by atoms with Crippen molar-refractivity contribution in [3.05, 3.63) is 42.3 Å². The predicted octanol–water partition coefficient (Wildman–Crippen LogP) is 4.14. The number of hydrogen-bond donors (Lipinski definition) is 2. The fraction of sp³-hybridized carbons (Fsp3) is 0.545. The smallest absolute Gasteiger partial charge is 0.234 e. The summed E-state index contributed by atoms with van der Waals surface area (Å²) in [6.45, 7) is 5.54. The second-order valence-corrected chi connectivity index (χ2v) is 7.06. The van der Waals surface area contributed by atoms with Gasteiger partial charge in [-0.25, -0.2) is 0 Å². The van der Waals surface area contributed by atoms with Crippen LogP contribution < -0.4 is 16.1 Å². The molecule has 154 valence electrons. The van der Waals surface area contributed by atoms with E-state index < -0.39 is 5.92 Å². The van der Waals surface area contributed by atoms with Crippen molar-refractivity contribution < 1.29 is 9.53 Å². The number of amides is 1. The minimum atomic E-state index is -0.604. The molecule has 0 bridgehead atoms. The van der Waals surface area contributed by atoms with E-state index in [1.807, 2.05) is 30.3 Å². The zero-order valence-electron chi connectivity index (χ0n) is 17.2. The first-order valence-electron chi connectivity index (χ1n) is 10.5. The number of para-hydroxylation sites is 1. The van der Waals surface area contributed by atoms with Crippen molar-refractivity contribution in [2.45, 2.75) is 58.8 Å². The SMILES string of the molecule is CCCCCCCNC(=O)C1C=C(OCCCC)N(c2ccccc2)N=C1N. The molecule has 1 aromatic carbocycles. The molecule has 1 heterocycles. The zero-order valence-corrected chi connectivity index (χ0v) is 17.2. The fourth-order valence-electron chi connectivity index (χ4n) is 2.97. The Hall–Kier alpha value is -2.50. The average Bonchev–Trinajstić information content (AvgIpc) is 2.72. The van der Waals surface area contributed by atoms with E-state index in [4.69, 9.17) is 10.5 Å². The molecule has 0 saturated heterocycles. The molecule has 1 aromatic rings. The molecule has 0 spiro atoms. The Morgan fingerprint density at radius 1 is 1.11 bits per heavy atom. The van der Waals surface area contributed by atoms with Crippen LogP contribution in [-0.4, -0.2) is 24.9 Å². The molecular weight excluding hydrogens is 352 g/mol. The van der Waals surface area contributed by atoms with Crippen LogP contribution in [0.5, 0.6) is 0 Å². The normalized spacial score (nSPS) is 16.4. The molecule has 2 rings (SSSR count). The molecule has 0 aliphatic carbocycles. The Morgan fingerprint density at radius 3 is 2.54 bits per heavy atom. The third-order valence-electron chi connectivity index (χ3n) is 4.66. The molecule has 6 nitrogen and oxygen atoms in total. The van der Waals surface area contributed by atoms with Gasteiger partial charge in [0.15, 0.2) is 0 Å². The third kappa shape index (κ3) is 6.59. The molecule has 1 unspecified atom stereocenters. The molecule has 0 fully saturated rings. The lowest BCUT2D eigenvalue weighted by atomic mass is 10.1. The van der Waals surface area contributed by atoms with E-state index in [1.165, 1.54) is 19.3 Å². The molecule has 28 heavy (non-hydrogen) atoms. The highest BCUT2D eigenvalue weighted by Gasteiger charge is 2.29. The Morgan fingerprint density at radius 2 is 1.82 bits per heavy atom. The van der Waals surface area contributed by atoms with Crippen molar-refractivity contribution in [1.82, 2.24) is 5.32 Å². The van der Waals surface area contributed by atoms with Crippen LogP contribution in [0.15, 0.2) is 47.4 Å². The van der Waals surface area contributed by atoms with Crippen LogP contribution in [0.3, 0.4) is 0 Å². The lowest BCUT2D eigenvalue weighted by molar-refractivity contribution is -0.122. The average molecular weight is 387 g/mol. The molecule has 0 saturated carbocycles. The van der Waals surface area contributed by atoms with Gasteiger partial charge in [0, 0.05) is 6.54 Å². The van der Waals surface area contributed by atoms with E-state index >= 15 is 0 Å². The number of unbranched alkanes of at least 4 members (excludes halogenated alkanes) is 5. The molecule has 0 aromatic heterocycles. The lowest BCUT2D eigenvalue weighted by Gasteiger charge is -2.28. The highest BCUT2D eigenvalue weighted by atomic mass is 16.5. The summed E-state index contributed by atoms with van der Waals surface area (Å²) in [5.74, 6) is 0.0976. The Kier molecular flexibility index (Phi) is 9.39. The van der Waals surface area contributed by atoms with Crippen molar-refractivity contribution >= 4 is 17.4 Å². The van der Waals surface area contributed by atoms with E-state index in [1.54, 1.807) is 11.1 Å². The van der Waals surface area contributed by atoms with E-state index in [0.29, 0.717) is 19.0 Å². The van der Waals surface area contributed by atoms with Crippen LogP contribution in [0.25, 0.3) is 0 Å². The number of hydrazone groups is 1. The molecule has 6 heteroatoms. The Balaban J connectivity index is 2.02. The van der Waals surface area contributed by atoms with Gasteiger partial charge in [0.05, 0.1) is 12.3 Å². The van der Waals surface area contributed by atoms with E-state index in [2.05, 4.69) is 24.3 Å². The Labute approximate surface area is 168 Å². The number of carbonyl (C=O) groups is 1. The monoisotopic (exact) mass is 386 g/mol. The van der Waals surface area contributed by atoms with Gasteiger partial charge in [-0.15, -0.1) is 0 Å². The second kappa shape index (κ2) is 12.1. The minimum absolute atomic E-state index is 0.124. The van der Waals surface area contributed by atoms with Crippen molar-refractivity contribution in [3.63, 3.8) is 0 Å². The summed E-state index contributed by atoms with van der Waals surface area (Å²) >= 11 is 0. The molecule has 1 aliphatic heterocycles. The van der Waals surface area contributed by atoms with Crippen molar-refractivity contribution in [3.8, 4) is 0 Å². The van der Waals surface area contributed by atoms with Crippen LogP contribution in [0.4, 0.5) is 5.69 Å². The summed E-state index contributed by atoms with van der Waals surface area (Å²) in [6, 6.07) is 9.68. The summed E-state index contributed by atoms with van der Waals surface area (Å²) in [4.78, 5) is 12.6. The molecule has 1 amide bonds. The van der Waals surface area contributed by atoms with Gasteiger partial charge < -0.3 is 15.8 Å². The summed E-state index contributed by atoms with van der Waals surface area (Å²) in [5.41, 5.74) is 6.99. The molecule has 1 atom stereocenters. The van der Waals surface area contributed by atoms with E-state index in [-0.39, 0.29) is 11.7 Å². The maximum Gasteiger partial charge on any atom is 0.234 e. The number of hydrogen-bond acceptors (Lipinski definition) is 5. The predicted molar refractivity (Wildman–Crippen MR) is 115 cm³/mol. The molecule has 1 aliphatic rings. The number of anilines is 1. The van der Waals surface area contributed by atoms with Crippen LogP contribution in [0.2, 0.25) is 0 Å². The second-order valence-electron chi connectivity index (χ2n) is 7.06. The van der Waals surface area contributed by atoms with Crippen molar-refractivity contribution in [1.29, 1.82) is 0 Å². The van der Waals surface area contributed by atoms with Crippen molar-refractivity contribution in [2.24, 2.45) is 16.8 Å². The van der Waals surface area contributed by atoms with Gasteiger partial charge in [0.2, 0.25) is 11.8 Å². The summed E-state index contributed by atoms with van der Waals surface area (Å²) in [7, 11) is 0. The highest BCUT2D eigenvalue weighted by molar-refractivity contribution is 6.05. The third-order valence-corrected chi connectivity index (χ3v) is 4.66. The van der Waals surface area contributed by atoms with E-state index in [9.17, 15) is 4.79 Å². The number of amidine groups is 1. The zero-order chi connectivity index (χ0) is 20.2.